The highest BCUT2D eigenvalue weighted by molar-refractivity contribution is 7.92. The molecule has 1 N–H and O–H groups in total. The molecule has 0 bridgehead atoms. The van der Waals surface area contributed by atoms with E-state index in [1.54, 1.807) is 6.92 Å². The number of ether oxygens (including phenoxy) is 3. The van der Waals surface area contributed by atoms with Gasteiger partial charge in [0.2, 0.25) is 0 Å². The molecule has 3 unspecified atom stereocenters. The lowest BCUT2D eigenvalue weighted by atomic mass is 10.2. The Kier molecular flexibility index (Phi) is 8.57. The molecule has 1 fully saturated rings. The van der Waals surface area contributed by atoms with E-state index in [2.05, 4.69) is 25.3 Å². The summed E-state index contributed by atoms with van der Waals surface area (Å²) in [4.78, 5) is 16.9. The van der Waals surface area contributed by atoms with Gasteiger partial charge in [0, 0.05) is 25.1 Å². The van der Waals surface area contributed by atoms with Crippen LogP contribution in [0.4, 0.5) is 24.8 Å². The van der Waals surface area contributed by atoms with Crippen molar-refractivity contribution in [1.82, 2.24) is 24.5 Å². The number of anilines is 2. The Labute approximate surface area is 230 Å². The predicted octanol–water partition coefficient (Wildman–Crippen LogP) is 4.89. The Hall–Kier alpha value is -3.04. The van der Waals surface area contributed by atoms with Crippen molar-refractivity contribution in [3.05, 3.63) is 30.4 Å². The number of pyridine rings is 1. The summed E-state index contributed by atoms with van der Waals surface area (Å²) in [6.07, 6.45) is 0.553. The molecule has 1 saturated heterocycles. The minimum atomic E-state index is -4.54. The molecule has 40 heavy (non-hydrogen) atoms. The van der Waals surface area contributed by atoms with Crippen LogP contribution >= 0.6 is 0 Å². The van der Waals surface area contributed by atoms with Crippen LogP contribution in [0.15, 0.2) is 24.5 Å². The Balaban J connectivity index is 1.61. The number of nitrogens with zero attached hydrogens (tertiary/aromatic N) is 5. The van der Waals surface area contributed by atoms with Crippen LogP contribution in [0.3, 0.4) is 0 Å². The van der Waals surface area contributed by atoms with Gasteiger partial charge in [-0.2, -0.15) is 18.2 Å². The first kappa shape index (κ1) is 29.9. The number of imidazole rings is 1. The number of alkyl halides is 3. The Morgan fingerprint density at radius 1 is 1.18 bits per heavy atom. The number of halogens is 3. The van der Waals surface area contributed by atoms with Gasteiger partial charge in [-0.3, -0.25) is 0 Å². The first-order valence-corrected chi connectivity index (χ1v) is 14.7. The molecule has 4 rings (SSSR count). The topological polar surface area (TPSA) is 130 Å². The molecule has 0 saturated carbocycles. The molecule has 3 atom stereocenters. The van der Waals surface area contributed by atoms with Gasteiger partial charge in [-0.1, -0.05) is 0 Å². The quantitative estimate of drug-likeness (QED) is 0.350. The van der Waals surface area contributed by atoms with Gasteiger partial charge in [-0.15, -0.1) is 0 Å². The summed E-state index contributed by atoms with van der Waals surface area (Å²) in [6, 6.07) is 1.00. The maximum atomic E-state index is 14.0. The van der Waals surface area contributed by atoms with Crippen molar-refractivity contribution < 1.29 is 35.8 Å². The molecule has 11 nitrogen and oxygen atoms in total. The first-order chi connectivity index (χ1) is 18.7. The van der Waals surface area contributed by atoms with E-state index in [0.717, 1.165) is 30.6 Å². The van der Waals surface area contributed by atoms with Crippen LogP contribution in [0.1, 0.15) is 64.9 Å². The summed E-state index contributed by atoms with van der Waals surface area (Å²) in [5, 5.41) is 2.94. The van der Waals surface area contributed by atoms with Crippen LogP contribution in [0, 0.1) is 0 Å². The predicted molar refractivity (Wildman–Crippen MR) is 141 cm³/mol. The van der Waals surface area contributed by atoms with Gasteiger partial charge in [-0.05, 0) is 53.0 Å². The number of aromatic nitrogens is 5. The Morgan fingerprint density at radius 3 is 2.58 bits per heavy atom. The van der Waals surface area contributed by atoms with E-state index in [4.69, 9.17) is 14.2 Å². The summed E-state index contributed by atoms with van der Waals surface area (Å²) >= 11 is 0. The summed E-state index contributed by atoms with van der Waals surface area (Å²) in [7, 11) is -3.40. The monoisotopic (exact) mass is 586 g/mol. The van der Waals surface area contributed by atoms with Crippen molar-refractivity contribution in [3.8, 4) is 6.01 Å². The van der Waals surface area contributed by atoms with Gasteiger partial charge in [0.25, 0.3) is 0 Å². The smallest absolute Gasteiger partial charge is 0.408 e. The van der Waals surface area contributed by atoms with Crippen LogP contribution in [-0.2, 0) is 19.3 Å². The third-order valence-corrected chi connectivity index (χ3v) is 8.89. The number of hydrogen-bond acceptors (Lipinski definition) is 10. The summed E-state index contributed by atoms with van der Waals surface area (Å²) < 4.78 is 82.7. The molecule has 220 valence electrons. The Morgan fingerprint density at radius 2 is 1.93 bits per heavy atom. The number of sulfone groups is 1. The van der Waals surface area contributed by atoms with Crippen LogP contribution in [-0.4, -0.2) is 69.6 Å². The fourth-order valence-electron chi connectivity index (χ4n) is 3.99. The Bertz CT molecular complexity index is 1440. The van der Waals surface area contributed by atoms with Crippen LogP contribution < -0.4 is 10.1 Å². The zero-order chi connectivity index (χ0) is 29.3. The summed E-state index contributed by atoms with van der Waals surface area (Å²) in [5.41, 5.74) is 0.476. The number of hydrogen-bond donors (Lipinski definition) is 1. The molecule has 0 radical (unpaired) electrons. The molecule has 0 aliphatic carbocycles. The molecule has 1 aliphatic rings. The first-order valence-electron chi connectivity index (χ1n) is 12.8. The molecule has 3 aromatic rings. The molecule has 0 amide bonds. The van der Waals surface area contributed by atoms with E-state index < -0.39 is 39.2 Å². The zero-order valence-corrected chi connectivity index (χ0v) is 23.7. The van der Waals surface area contributed by atoms with Crippen LogP contribution in [0.5, 0.6) is 6.01 Å². The third kappa shape index (κ3) is 6.81. The standard InChI is InChI=1S/C25H33F3N6O5S/c1-15(39-21-8-6-7-11-37-21)22-31-17-13-30-20(12-18(17)34(22)16(2)25(26,27)28)32-19-9-10-29-23(33-19)38-14-24(3,4)40(5,35)36/h9-10,12-13,15-16,21H,6-8,11,14H2,1-5H3,(H,29,30,32,33). The number of fused-ring (bicyclic) bond motifs is 1. The fourth-order valence-corrected chi connectivity index (χ4v) is 4.26. The van der Waals surface area contributed by atoms with E-state index in [-0.39, 0.29) is 41.1 Å². The van der Waals surface area contributed by atoms with Gasteiger partial charge in [0.15, 0.2) is 16.1 Å². The van der Waals surface area contributed by atoms with E-state index in [1.807, 2.05) is 0 Å². The number of rotatable bonds is 10. The van der Waals surface area contributed by atoms with Gasteiger partial charge < -0.3 is 24.1 Å². The highest BCUT2D eigenvalue weighted by atomic mass is 32.2. The van der Waals surface area contributed by atoms with Gasteiger partial charge in [0.05, 0.1) is 11.7 Å². The van der Waals surface area contributed by atoms with Crippen LogP contribution in [0.2, 0.25) is 0 Å². The maximum absolute atomic E-state index is 14.0. The average Bonchev–Trinajstić information content (AvgIpc) is 3.25. The van der Waals surface area contributed by atoms with Crippen molar-refractivity contribution in [1.29, 1.82) is 0 Å². The molecule has 3 aromatic heterocycles. The largest absolute Gasteiger partial charge is 0.462 e. The third-order valence-electron chi connectivity index (χ3n) is 6.76. The maximum Gasteiger partial charge on any atom is 0.408 e. The normalized spacial score (nSPS) is 18.4. The fraction of sp³-hybridized carbons (Fsp3) is 0.600. The minimum absolute atomic E-state index is 0.0725. The molecule has 0 spiro atoms. The second-order valence-corrected chi connectivity index (χ2v) is 13.0. The summed E-state index contributed by atoms with van der Waals surface area (Å²) in [5.74, 6) is 0.564. The average molecular weight is 587 g/mol. The lowest BCUT2D eigenvalue weighted by molar-refractivity contribution is -0.190. The molecular formula is C25H33F3N6O5S. The summed E-state index contributed by atoms with van der Waals surface area (Å²) in [6.45, 7) is 6.13. The van der Waals surface area contributed by atoms with Crippen LogP contribution in [0.25, 0.3) is 11.0 Å². The minimum Gasteiger partial charge on any atom is -0.462 e. The van der Waals surface area contributed by atoms with Gasteiger partial charge in [0.1, 0.15) is 46.5 Å². The molecule has 1 aliphatic heterocycles. The molecule has 4 heterocycles. The lowest BCUT2D eigenvalue weighted by Crippen LogP contribution is -2.37. The number of nitrogens with one attached hydrogen (secondary N) is 1. The van der Waals surface area contributed by atoms with Gasteiger partial charge >= 0.3 is 12.2 Å². The molecule has 15 heteroatoms. The second-order valence-electron chi connectivity index (χ2n) is 10.4. The highest BCUT2D eigenvalue weighted by Gasteiger charge is 2.40. The second kappa shape index (κ2) is 11.4. The van der Waals surface area contributed by atoms with E-state index in [0.29, 0.717) is 13.0 Å². The van der Waals surface area contributed by atoms with E-state index in [1.165, 1.54) is 38.4 Å². The zero-order valence-electron chi connectivity index (χ0n) is 22.9. The van der Waals surface area contributed by atoms with Crippen molar-refractivity contribution in [2.24, 2.45) is 0 Å². The van der Waals surface area contributed by atoms with Crippen molar-refractivity contribution in [2.75, 3.05) is 24.8 Å². The van der Waals surface area contributed by atoms with E-state index >= 15 is 0 Å². The molecule has 0 aromatic carbocycles. The highest BCUT2D eigenvalue weighted by Crippen LogP contribution is 2.37. The van der Waals surface area contributed by atoms with Gasteiger partial charge in [-0.25, -0.2) is 23.4 Å². The SMILES string of the molecule is CC(OC1CCCCO1)c1nc2cnc(Nc3ccnc(OCC(C)(C)S(C)(=O)=O)n3)cc2n1C(C)C(F)(F)F. The van der Waals surface area contributed by atoms with Crippen molar-refractivity contribution in [3.63, 3.8) is 0 Å². The lowest BCUT2D eigenvalue weighted by Gasteiger charge is -2.27. The van der Waals surface area contributed by atoms with E-state index in [9.17, 15) is 21.6 Å². The van der Waals surface area contributed by atoms with Crippen molar-refractivity contribution in [2.45, 2.75) is 76.3 Å². The van der Waals surface area contributed by atoms with Crippen molar-refractivity contribution >= 4 is 32.5 Å². The molecular weight excluding hydrogens is 553 g/mol.